The molecular weight excluding hydrogens is 266 g/mol. The maximum Gasteiger partial charge on any atom is 0.231 e. The molecule has 2 rings (SSSR count). The van der Waals surface area contributed by atoms with Crippen molar-refractivity contribution < 1.29 is 9.26 Å². The molecule has 0 amide bonds. The summed E-state index contributed by atoms with van der Waals surface area (Å²) in [5.41, 5.74) is 0. The topological polar surface area (TPSA) is 60.2 Å². The lowest BCUT2D eigenvalue weighted by atomic mass is 9.98. The number of hydrogen-bond donors (Lipinski definition) is 1. The van der Waals surface area contributed by atoms with Gasteiger partial charge in [-0.2, -0.15) is 4.98 Å². The van der Waals surface area contributed by atoms with E-state index in [-0.39, 0.29) is 5.92 Å². The number of benzene rings is 1. The van der Waals surface area contributed by atoms with E-state index in [1.54, 1.807) is 0 Å². The average molecular weight is 289 g/mol. The quantitative estimate of drug-likeness (QED) is 0.809. The molecule has 0 spiro atoms. The van der Waals surface area contributed by atoms with Crippen LogP contribution in [-0.4, -0.2) is 22.7 Å². The van der Waals surface area contributed by atoms with E-state index in [4.69, 9.17) is 9.26 Å². The first-order valence-corrected chi connectivity index (χ1v) is 7.48. The third-order valence-corrected chi connectivity index (χ3v) is 3.48. The standard InChI is InChI=1S/C16H23N3O2/c1-4-14(12(3)17-5-2)16-18-15(19-21-16)11-20-13-9-7-6-8-10-13/h6-10,12,14,17H,4-5,11H2,1-3H3. The van der Waals surface area contributed by atoms with E-state index in [0.717, 1.165) is 18.7 Å². The predicted molar refractivity (Wildman–Crippen MR) is 81.2 cm³/mol. The van der Waals surface area contributed by atoms with Gasteiger partial charge in [0.05, 0.1) is 5.92 Å². The SMILES string of the molecule is CCNC(C)C(CC)c1nc(COc2ccccc2)no1. The van der Waals surface area contributed by atoms with Crippen LogP contribution in [0.5, 0.6) is 5.75 Å². The Labute approximate surface area is 125 Å². The number of nitrogens with one attached hydrogen (secondary N) is 1. The first-order chi connectivity index (χ1) is 10.2. The Bertz CT molecular complexity index is 527. The zero-order valence-electron chi connectivity index (χ0n) is 12.9. The van der Waals surface area contributed by atoms with Gasteiger partial charge in [0.1, 0.15) is 5.75 Å². The van der Waals surface area contributed by atoms with Gasteiger partial charge in [0, 0.05) is 6.04 Å². The molecule has 114 valence electrons. The first-order valence-electron chi connectivity index (χ1n) is 7.48. The van der Waals surface area contributed by atoms with Crippen LogP contribution in [0.2, 0.25) is 0 Å². The van der Waals surface area contributed by atoms with Gasteiger partial charge < -0.3 is 14.6 Å². The van der Waals surface area contributed by atoms with Crippen LogP contribution < -0.4 is 10.1 Å². The summed E-state index contributed by atoms with van der Waals surface area (Å²) < 4.78 is 11.0. The highest BCUT2D eigenvalue weighted by Crippen LogP contribution is 2.22. The Hall–Kier alpha value is -1.88. The van der Waals surface area contributed by atoms with Crippen molar-refractivity contribution in [3.63, 3.8) is 0 Å². The van der Waals surface area contributed by atoms with Gasteiger partial charge in [-0.3, -0.25) is 0 Å². The highest BCUT2D eigenvalue weighted by Gasteiger charge is 2.23. The lowest BCUT2D eigenvalue weighted by Gasteiger charge is -2.19. The molecule has 0 aliphatic heterocycles. The fraction of sp³-hybridized carbons (Fsp3) is 0.500. The minimum atomic E-state index is 0.225. The molecule has 1 N–H and O–H groups in total. The second-order valence-corrected chi connectivity index (χ2v) is 5.01. The maximum atomic E-state index is 5.63. The summed E-state index contributed by atoms with van der Waals surface area (Å²) in [6.07, 6.45) is 0.954. The van der Waals surface area contributed by atoms with Crippen molar-refractivity contribution in [1.29, 1.82) is 0 Å². The number of hydrogen-bond acceptors (Lipinski definition) is 5. The molecule has 1 aromatic heterocycles. The maximum absolute atomic E-state index is 5.63. The van der Waals surface area contributed by atoms with Crippen molar-refractivity contribution in [3.05, 3.63) is 42.0 Å². The first kappa shape index (κ1) is 15.5. The second-order valence-electron chi connectivity index (χ2n) is 5.01. The molecule has 0 aliphatic carbocycles. The van der Waals surface area contributed by atoms with Crippen LogP contribution >= 0.6 is 0 Å². The van der Waals surface area contributed by atoms with Gasteiger partial charge in [0.15, 0.2) is 6.61 Å². The summed E-state index contributed by atoms with van der Waals surface area (Å²) >= 11 is 0. The van der Waals surface area contributed by atoms with Crippen molar-refractivity contribution in [1.82, 2.24) is 15.5 Å². The molecule has 0 saturated carbocycles. The molecule has 21 heavy (non-hydrogen) atoms. The third-order valence-electron chi connectivity index (χ3n) is 3.48. The lowest BCUT2D eigenvalue weighted by Crippen LogP contribution is -2.31. The lowest BCUT2D eigenvalue weighted by molar-refractivity contribution is 0.280. The molecule has 5 nitrogen and oxygen atoms in total. The van der Waals surface area contributed by atoms with Crippen molar-refractivity contribution >= 4 is 0 Å². The minimum absolute atomic E-state index is 0.225. The number of ether oxygens (including phenoxy) is 1. The van der Waals surface area contributed by atoms with Gasteiger partial charge in [-0.25, -0.2) is 0 Å². The van der Waals surface area contributed by atoms with Crippen LogP contribution in [-0.2, 0) is 6.61 Å². The smallest absolute Gasteiger partial charge is 0.231 e. The zero-order chi connectivity index (χ0) is 15.1. The Kier molecular flexibility index (Phi) is 5.75. The Balaban J connectivity index is 1.96. The van der Waals surface area contributed by atoms with Crippen LogP contribution in [0.1, 0.15) is 44.8 Å². The molecule has 1 aromatic carbocycles. The third kappa shape index (κ3) is 4.29. The summed E-state index contributed by atoms with van der Waals surface area (Å²) in [6, 6.07) is 9.94. The van der Waals surface area contributed by atoms with Gasteiger partial charge in [0.25, 0.3) is 0 Å². The molecule has 0 radical (unpaired) electrons. The fourth-order valence-corrected chi connectivity index (χ4v) is 2.35. The van der Waals surface area contributed by atoms with E-state index in [2.05, 4.69) is 36.2 Å². The minimum Gasteiger partial charge on any atom is -0.485 e. The van der Waals surface area contributed by atoms with Crippen molar-refractivity contribution in [2.45, 2.75) is 45.8 Å². The molecule has 2 unspecified atom stereocenters. The number of nitrogens with zero attached hydrogens (tertiary/aromatic N) is 2. The average Bonchev–Trinajstić information content (AvgIpc) is 2.96. The van der Waals surface area contributed by atoms with Gasteiger partial charge >= 0.3 is 0 Å². The molecule has 2 atom stereocenters. The summed E-state index contributed by atoms with van der Waals surface area (Å²) in [6.45, 7) is 7.61. The summed E-state index contributed by atoms with van der Waals surface area (Å²) in [5, 5.41) is 7.41. The Morgan fingerprint density at radius 2 is 2.00 bits per heavy atom. The van der Waals surface area contributed by atoms with E-state index in [9.17, 15) is 0 Å². The van der Waals surface area contributed by atoms with Crippen LogP contribution in [0, 0.1) is 0 Å². The Morgan fingerprint density at radius 1 is 1.24 bits per heavy atom. The van der Waals surface area contributed by atoms with Crippen LogP contribution in [0.4, 0.5) is 0 Å². The number of likely N-dealkylation sites (N-methyl/N-ethyl adjacent to an activating group) is 1. The molecule has 0 bridgehead atoms. The van der Waals surface area contributed by atoms with E-state index in [1.807, 2.05) is 30.3 Å². The number of para-hydroxylation sites is 1. The highest BCUT2D eigenvalue weighted by molar-refractivity contribution is 5.20. The van der Waals surface area contributed by atoms with E-state index < -0.39 is 0 Å². The van der Waals surface area contributed by atoms with Gasteiger partial charge in [-0.1, -0.05) is 37.2 Å². The number of aromatic nitrogens is 2. The van der Waals surface area contributed by atoms with E-state index >= 15 is 0 Å². The summed E-state index contributed by atoms with van der Waals surface area (Å²) in [5.74, 6) is 2.29. The molecule has 0 aliphatic rings. The van der Waals surface area contributed by atoms with Crippen LogP contribution in [0.3, 0.4) is 0 Å². The van der Waals surface area contributed by atoms with Gasteiger partial charge in [0.2, 0.25) is 11.7 Å². The molecule has 2 aromatic rings. The fourth-order valence-electron chi connectivity index (χ4n) is 2.35. The normalized spacial score (nSPS) is 13.9. The van der Waals surface area contributed by atoms with Crippen LogP contribution in [0.25, 0.3) is 0 Å². The van der Waals surface area contributed by atoms with Crippen LogP contribution in [0.15, 0.2) is 34.9 Å². The molecule has 1 heterocycles. The number of rotatable bonds is 8. The van der Waals surface area contributed by atoms with Gasteiger partial charge in [-0.15, -0.1) is 0 Å². The van der Waals surface area contributed by atoms with E-state index in [0.29, 0.717) is 24.4 Å². The summed E-state index contributed by atoms with van der Waals surface area (Å²) in [7, 11) is 0. The van der Waals surface area contributed by atoms with Crippen molar-refractivity contribution in [3.8, 4) is 5.75 Å². The summed E-state index contributed by atoms with van der Waals surface area (Å²) in [4.78, 5) is 4.46. The Morgan fingerprint density at radius 3 is 2.67 bits per heavy atom. The molecule has 5 heteroatoms. The molecule has 0 saturated heterocycles. The zero-order valence-corrected chi connectivity index (χ0v) is 12.9. The van der Waals surface area contributed by atoms with Gasteiger partial charge in [-0.05, 0) is 32.0 Å². The monoisotopic (exact) mass is 289 g/mol. The molecular formula is C16H23N3O2. The molecule has 0 fully saturated rings. The largest absolute Gasteiger partial charge is 0.485 e. The second kappa shape index (κ2) is 7.78. The van der Waals surface area contributed by atoms with Crippen molar-refractivity contribution in [2.75, 3.05) is 6.54 Å². The van der Waals surface area contributed by atoms with E-state index in [1.165, 1.54) is 0 Å². The van der Waals surface area contributed by atoms with Crippen molar-refractivity contribution in [2.24, 2.45) is 0 Å². The predicted octanol–water partition coefficient (Wildman–Crippen LogP) is 3.14. The highest BCUT2D eigenvalue weighted by atomic mass is 16.5.